The van der Waals surface area contributed by atoms with Gasteiger partial charge in [-0.05, 0) is 48.7 Å². The Morgan fingerprint density at radius 2 is 1.86 bits per heavy atom. The average molecular weight is 543 g/mol. The first kappa shape index (κ1) is 26.4. The van der Waals surface area contributed by atoms with Crippen molar-refractivity contribution in [3.05, 3.63) is 78.5 Å². The van der Waals surface area contributed by atoms with Crippen LogP contribution >= 0.6 is 23.2 Å². The Balaban J connectivity index is 1.73. The van der Waals surface area contributed by atoms with Crippen LogP contribution in [0.3, 0.4) is 0 Å². The number of halogens is 2. The summed E-state index contributed by atoms with van der Waals surface area (Å²) in [7, 11) is 0. The molecule has 0 spiro atoms. The smallest absolute Gasteiger partial charge is 0.271 e. The number of unbranched alkanes of at least 4 members (excludes halogenated alkanes) is 2. The number of aromatic hydroxyl groups is 1. The maximum absolute atomic E-state index is 13.6. The van der Waals surface area contributed by atoms with Crippen molar-refractivity contribution in [2.45, 2.75) is 39.7 Å². The third-order valence-corrected chi connectivity index (χ3v) is 6.62. The first-order valence-electron chi connectivity index (χ1n) is 11.7. The number of nitrogens with zero attached hydrogens (tertiary/aromatic N) is 2. The summed E-state index contributed by atoms with van der Waals surface area (Å²) in [4.78, 5) is 26.6. The van der Waals surface area contributed by atoms with Crippen molar-refractivity contribution in [2.75, 3.05) is 13.4 Å². The van der Waals surface area contributed by atoms with Crippen LogP contribution in [0.5, 0.6) is 23.1 Å². The molecule has 2 aromatic carbocycles. The number of carbonyl (C=O) groups is 1. The predicted octanol–water partition coefficient (Wildman–Crippen LogP) is 5.62. The molecule has 0 radical (unpaired) electrons. The minimum absolute atomic E-state index is 0.0593. The Hall–Kier alpha value is -3.67. The fourth-order valence-corrected chi connectivity index (χ4v) is 4.69. The van der Waals surface area contributed by atoms with E-state index in [1.165, 1.54) is 19.1 Å². The summed E-state index contributed by atoms with van der Waals surface area (Å²) < 4.78 is 17.4. The van der Waals surface area contributed by atoms with Crippen LogP contribution in [0.2, 0.25) is 10.0 Å². The Morgan fingerprint density at radius 1 is 1.16 bits per heavy atom. The highest BCUT2D eigenvalue weighted by molar-refractivity contribution is 6.38. The zero-order valence-corrected chi connectivity index (χ0v) is 21.8. The molecule has 3 aromatic rings. The summed E-state index contributed by atoms with van der Waals surface area (Å²) in [5.41, 5.74) is -0.437. The van der Waals surface area contributed by atoms with Gasteiger partial charge < -0.3 is 19.3 Å². The highest BCUT2D eigenvalue weighted by atomic mass is 35.5. The molecule has 10 heteroatoms. The normalized spacial score (nSPS) is 11.9. The highest BCUT2D eigenvalue weighted by Gasteiger charge is 2.26. The van der Waals surface area contributed by atoms with Gasteiger partial charge in [0.25, 0.3) is 5.56 Å². The molecule has 1 N–H and O–H groups in total. The largest absolute Gasteiger partial charge is 0.494 e. The average Bonchev–Trinajstić information content (AvgIpc) is 3.34. The minimum Gasteiger partial charge on any atom is -0.494 e. The van der Waals surface area contributed by atoms with Crippen molar-refractivity contribution in [1.82, 2.24) is 4.57 Å². The molecule has 2 heterocycles. The number of aromatic nitrogens is 1. The number of benzene rings is 2. The number of hydrogen-bond acceptors (Lipinski definition) is 7. The molecule has 1 aliphatic heterocycles. The Labute approximate surface area is 223 Å². The van der Waals surface area contributed by atoms with E-state index in [4.69, 9.17) is 37.4 Å². The molecule has 0 fully saturated rings. The summed E-state index contributed by atoms with van der Waals surface area (Å²) in [6.07, 6.45) is 2.86. The van der Waals surface area contributed by atoms with Crippen LogP contribution < -0.4 is 19.8 Å². The Bertz CT molecular complexity index is 1450. The van der Waals surface area contributed by atoms with Crippen LogP contribution in [0.15, 0.2) is 35.1 Å². The van der Waals surface area contributed by atoms with E-state index in [9.17, 15) is 20.0 Å². The van der Waals surface area contributed by atoms with E-state index < -0.39 is 17.2 Å². The highest BCUT2D eigenvalue weighted by Crippen LogP contribution is 2.37. The third-order valence-electron chi connectivity index (χ3n) is 6.06. The second-order valence-corrected chi connectivity index (χ2v) is 9.36. The molecule has 0 bridgehead atoms. The number of rotatable bonds is 9. The summed E-state index contributed by atoms with van der Waals surface area (Å²) >= 11 is 12.7. The molecular formula is C27H24Cl2N2O6. The zero-order valence-electron chi connectivity index (χ0n) is 20.3. The quantitative estimate of drug-likeness (QED) is 0.276. The second kappa shape index (κ2) is 11.2. The lowest BCUT2D eigenvalue weighted by Crippen LogP contribution is -2.27. The standard InChI is InChI=1S/C27H24Cl2N2O6/c1-3-4-5-8-35-25-19(28)10-17(11-20(25)29)24(32)23-15(2)18(12-30)26(33)31(27(23)34)13-16-6-7-21-22(9-16)37-14-36-21/h6-7,9-11,34H,3-5,8,13-14H2,1-2H3. The van der Waals surface area contributed by atoms with Gasteiger partial charge in [0.15, 0.2) is 23.0 Å². The zero-order chi connectivity index (χ0) is 26.7. The number of fused-ring (bicyclic) bond motifs is 1. The van der Waals surface area contributed by atoms with Crippen molar-refractivity contribution in [3.63, 3.8) is 0 Å². The SMILES string of the molecule is CCCCCOc1c(Cl)cc(C(=O)c2c(C)c(C#N)c(=O)n(Cc3ccc4c(c3)OCO4)c2O)cc1Cl. The number of ether oxygens (including phenoxy) is 3. The van der Waals surface area contributed by atoms with Gasteiger partial charge in [0, 0.05) is 5.56 Å². The number of pyridine rings is 1. The number of nitriles is 1. The molecule has 8 nitrogen and oxygen atoms in total. The summed E-state index contributed by atoms with van der Waals surface area (Å²) in [5, 5.41) is 21.1. The molecule has 192 valence electrons. The van der Waals surface area contributed by atoms with E-state index in [0.29, 0.717) is 23.7 Å². The fourth-order valence-electron chi connectivity index (χ4n) is 4.09. The van der Waals surface area contributed by atoms with Crippen molar-refractivity contribution in [1.29, 1.82) is 5.26 Å². The van der Waals surface area contributed by atoms with E-state index in [0.717, 1.165) is 23.8 Å². The Morgan fingerprint density at radius 3 is 2.54 bits per heavy atom. The summed E-state index contributed by atoms with van der Waals surface area (Å²) in [6, 6.07) is 9.69. The molecule has 0 aliphatic carbocycles. The molecule has 0 saturated carbocycles. The van der Waals surface area contributed by atoms with Crippen LogP contribution in [-0.2, 0) is 6.54 Å². The molecule has 0 unspecified atom stereocenters. The molecule has 4 rings (SSSR count). The van der Waals surface area contributed by atoms with Gasteiger partial charge in [-0.2, -0.15) is 5.26 Å². The lowest BCUT2D eigenvalue weighted by molar-refractivity contribution is 0.103. The molecule has 37 heavy (non-hydrogen) atoms. The molecule has 1 aromatic heterocycles. The van der Waals surface area contributed by atoms with Crippen LogP contribution in [0.4, 0.5) is 0 Å². The van der Waals surface area contributed by atoms with Crippen molar-refractivity contribution in [3.8, 4) is 29.2 Å². The van der Waals surface area contributed by atoms with Gasteiger partial charge in [0.2, 0.25) is 12.7 Å². The molecular weight excluding hydrogens is 519 g/mol. The molecule has 1 aliphatic rings. The summed E-state index contributed by atoms with van der Waals surface area (Å²) in [6.45, 7) is 3.92. The Kier molecular flexibility index (Phi) is 7.96. The van der Waals surface area contributed by atoms with Crippen LogP contribution in [0, 0.1) is 18.3 Å². The number of carbonyl (C=O) groups excluding carboxylic acids is 1. The van der Waals surface area contributed by atoms with E-state index in [2.05, 4.69) is 6.92 Å². The van der Waals surface area contributed by atoms with Gasteiger partial charge in [0.1, 0.15) is 11.6 Å². The van der Waals surface area contributed by atoms with Crippen molar-refractivity contribution >= 4 is 29.0 Å². The first-order valence-corrected chi connectivity index (χ1v) is 12.4. The number of ketones is 1. The van der Waals surface area contributed by atoms with E-state index >= 15 is 0 Å². The minimum atomic E-state index is -0.724. The van der Waals surface area contributed by atoms with Crippen LogP contribution in [0.25, 0.3) is 0 Å². The lowest BCUT2D eigenvalue weighted by atomic mass is 9.97. The van der Waals surface area contributed by atoms with E-state index in [-0.39, 0.29) is 51.4 Å². The summed E-state index contributed by atoms with van der Waals surface area (Å²) in [5.74, 6) is 0.102. The van der Waals surface area contributed by atoms with Gasteiger partial charge in [0.05, 0.1) is 28.8 Å². The fraction of sp³-hybridized carbons (Fsp3) is 0.296. The van der Waals surface area contributed by atoms with E-state index in [1.54, 1.807) is 18.2 Å². The van der Waals surface area contributed by atoms with Crippen LogP contribution in [0.1, 0.15) is 58.8 Å². The lowest BCUT2D eigenvalue weighted by Gasteiger charge is -2.17. The predicted molar refractivity (Wildman–Crippen MR) is 138 cm³/mol. The van der Waals surface area contributed by atoms with Gasteiger partial charge in [-0.1, -0.05) is 49.0 Å². The maximum atomic E-state index is 13.6. The third kappa shape index (κ3) is 5.24. The van der Waals surface area contributed by atoms with Crippen LogP contribution in [-0.4, -0.2) is 28.9 Å². The number of hydrogen-bond donors (Lipinski definition) is 1. The van der Waals surface area contributed by atoms with Gasteiger partial charge in [-0.15, -0.1) is 0 Å². The molecule has 0 amide bonds. The first-order chi connectivity index (χ1) is 17.8. The van der Waals surface area contributed by atoms with Gasteiger partial charge in [-0.3, -0.25) is 14.2 Å². The molecule has 0 atom stereocenters. The topological polar surface area (TPSA) is 111 Å². The van der Waals surface area contributed by atoms with Crippen molar-refractivity contribution < 1.29 is 24.1 Å². The monoisotopic (exact) mass is 542 g/mol. The van der Waals surface area contributed by atoms with E-state index in [1.807, 2.05) is 6.07 Å². The second-order valence-electron chi connectivity index (χ2n) is 8.54. The maximum Gasteiger partial charge on any atom is 0.271 e. The van der Waals surface area contributed by atoms with Crippen molar-refractivity contribution in [2.24, 2.45) is 0 Å². The van der Waals surface area contributed by atoms with Gasteiger partial charge in [-0.25, -0.2) is 0 Å². The molecule has 0 saturated heterocycles. The van der Waals surface area contributed by atoms with Gasteiger partial charge >= 0.3 is 0 Å².